The molecule has 1 nitrogen and oxygen atoms in total. The first-order valence-electron chi connectivity index (χ1n) is 7.60. The maximum atomic E-state index is 6.44. The Bertz CT molecular complexity index is 362. The molecule has 1 heterocycles. The lowest BCUT2D eigenvalue weighted by Gasteiger charge is -2.23. The first kappa shape index (κ1) is 17.0. The molecule has 0 saturated heterocycles. The van der Waals surface area contributed by atoms with Gasteiger partial charge in [0.2, 0.25) is 0 Å². The molecule has 0 fully saturated rings. The summed E-state index contributed by atoms with van der Waals surface area (Å²) in [6.45, 7) is 9.86. The highest BCUT2D eigenvalue weighted by Gasteiger charge is 2.20. The van der Waals surface area contributed by atoms with Gasteiger partial charge in [-0.25, -0.2) is 0 Å². The summed E-state index contributed by atoms with van der Waals surface area (Å²) < 4.78 is 0. The van der Waals surface area contributed by atoms with Crippen LogP contribution in [0.15, 0.2) is 5.38 Å². The van der Waals surface area contributed by atoms with Crippen molar-refractivity contribution < 1.29 is 0 Å². The van der Waals surface area contributed by atoms with Crippen LogP contribution in [0.4, 0.5) is 0 Å². The lowest BCUT2D eigenvalue weighted by Crippen LogP contribution is -2.23. The molecule has 19 heavy (non-hydrogen) atoms. The Morgan fingerprint density at radius 1 is 1.32 bits per heavy atom. The Labute approximate surface area is 127 Å². The maximum absolute atomic E-state index is 6.44. The van der Waals surface area contributed by atoms with Gasteiger partial charge in [0.1, 0.15) is 0 Å². The third-order valence-corrected chi connectivity index (χ3v) is 5.63. The SMILES string of the molecule is CCCCC(CC)CC(NCC)c1scc(C)c1Cl. The van der Waals surface area contributed by atoms with Crippen LogP contribution in [0, 0.1) is 12.8 Å². The minimum Gasteiger partial charge on any atom is -0.309 e. The minimum absolute atomic E-state index is 0.429. The number of aryl methyl sites for hydroxylation is 1. The van der Waals surface area contributed by atoms with Crippen LogP contribution in [-0.4, -0.2) is 6.54 Å². The maximum Gasteiger partial charge on any atom is 0.0590 e. The fourth-order valence-electron chi connectivity index (χ4n) is 2.53. The lowest BCUT2D eigenvalue weighted by atomic mass is 9.91. The van der Waals surface area contributed by atoms with Crippen molar-refractivity contribution in [1.82, 2.24) is 5.32 Å². The molecule has 1 aromatic rings. The van der Waals surface area contributed by atoms with Crippen LogP contribution in [0.25, 0.3) is 0 Å². The Morgan fingerprint density at radius 3 is 2.53 bits per heavy atom. The summed E-state index contributed by atoms with van der Waals surface area (Å²) in [5, 5.41) is 6.77. The molecule has 1 N–H and O–H groups in total. The monoisotopic (exact) mass is 301 g/mol. The van der Waals surface area contributed by atoms with Crippen LogP contribution in [-0.2, 0) is 0 Å². The summed E-state index contributed by atoms with van der Waals surface area (Å²) in [5.41, 5.74) is 1.21. The van der Waals surface area contributed by atoms with Crippen molar-refractivity contribution >= 4 is 22.9 Å². The van der Waals surface area contributed by atoms with Crippen molar-refractivity contribution in [2.24, 2.45) is 5.92 Å². The fourth-order valence-corrected chi connectivity index (χ4v) is 3.94. The second kappa shape index (κ2) is 8.99. The van der Waals surface area contributed by atoms with Gasteiger partial charge < -0.3 is 5.32 Å². The van der Waals surface area contributed by atoms with Crippen molar-refractivity contribution in [3.05, 3.63) is 20.8 Å². The van der Waals surface area contributed by atoms with E-state index in [2.05, 4.69) is 38.4 Å². The van der Waals surface area contributed by atoms with E-state index in [0.717, 1.165) is 17.5 Å². The Balaban J connectivity index is 2.73. The predicted octanol–water partition coefficient (Wildman–Crippen LogP) is 5.97. The van der Waals surface area contributed by atoms with Gasteiger partial charge in [0.15, 0.2) is 0 Å². The topological polar surface area (TPSA) is 12.0 Å². The highest BCUT2D eigenvalue weighted by Crippen LogP contribution is 2.36. The molecular formula is C16H28ClNS. The minimum atomic E-state index is 0.429. The van der Waals surface area contributed by atoms with Crippen LogP contribution in [0.1, 0.15) is 69.4 Å². The van der Waals surface area contributed by atoms with Crippen LogP contribution in [0.3, 0.4) is 0 Å². The molecule has 0 radical (unpaired) electrons. The van der Waals surface area contributed by atoms with Gasteiger partial charge in [0, 0.05) is 10.9 Å². The van der Waals surface area contributed by atoms with Crippen molar-refractivity contribution in [1.29, 1.82) is 0 Å². The third-order valence-electron chi connectivity index (χ3n) is 3.80. The second-order valence-corrected chi connectivity index (χ2v) is 6.65. The van der Waals surface area contributed by atoms with E-state index < -0.39 is 0 Å². The van der Waals surface area contributed by atoms with Crippen molar-refractivity contribution in [3.63, 3.8) is 0 Å². The fraction of sp³-hybridized carbons (Fsp3) is 0.750. The molecule has 2 unspecified atom stereocenters. The first-order chi connectivity index (χ1) is 9.13. The normalized spacial score (nSPS) is 14.6. The van der Waals surface area contributed by atoms with Gasteiger partial charge in [0.05, 0.1) is 5.02 Å². The number of halogens is 1. The first-order valence-corrected chi connectivity index (χ1v) is 8.86. The zero-order valence-electron chi connectivity index (χ0n) is 12.8. The summed E-state index contributed by atoms with van der Waals surface area (Å²) in [6, 6.07) is 0.429. The zero-order valence-corrected chi connectivity index (χ0v) is 14.3. The average Bonchev–Trinajstić information content (AvgIpc) is 2.74. The van der Waals surface area contributed by atoms with Crippen LogP contribution >= 0.6 is 22.9 Å². The number of nitrogens with one attached hydrogen (secondary N) is 1. The molecule has 110 valence electrons. The Morgan fingerprint density at radius 2 is 2.05 bits per heavy atom. The van der Waals surface area contributed by atoms with Gasteiger partial charge in [-0.2, -0.15) is 0 Å². The highest BCUT2D eigenvalue weighted by atomic mass is 35.5. The van der Waals surface area contributed by atoms with E-state index in [1.807, 2.05) is 0 Å². The van der Waals surface area contributed by atoms with E-state index in [4.69, 9.17) is 11.6 Å². The largest absolute Gasteiger partial charge is 0.309 e. The van der Waals surface area contributed by atoms with Crippen molar-refractivity contribution in [3.8, 4) is 0 Å². The summed E-state index contributed by atoms with van der Waals surface area (Å²) >= 11 is 8.25. The summed E-state index contributed by atoms with van der Waals surface area (Å²) in [4.78, 5) is 1.33. The van der Waals surface area contributed by atoms with E-state index in [1.165, 1.54) is 42.5 Å². The quantitative estimate of drug-likeness (QED) is 0.593. The molecule has 2 atom stereocenters. The number of rotatable bonds is 9. The standard InChI is InChI=1S/C16H28ClNS/c1-5-8-9-13(6-2)10-14(18-7-3)16-15(17)12(4)11-19-16/h11,13-14,18H,5-10H2,1-4H3. The summed E-state index contributed by atoms with van der Waals surface area (Å²) in [6.07, 6.45) is 6.46. The summed E-state index contributed by atoms with van der Waals surface area (Å²) in [5.74, 6) is 0.808. The zero-order chi connectivity index (χ0) is 14.3. The van der Waals surface area contributed by atoms with Gasteiger partial charge in [0.25, 0.3) is 0 Å². The molecular weight excluding hydrogens is 274 g/mol. The summed E-state index contributed by atoms with van der Waals surface area (Å²) in [7, 11) is 0. The van der Waals surface area contributed by atoms with Crippen molar-refractivity contribution in [2.45, 2.75) is 65.8 Å². The Kier molecular flexibility index (Phi) is 8.05. The van der Waals surface area contributed by atoms with Gasteiger partial charge in [-0.15, -0.1) is 11.3 Å². The molecule has 0 saturated carbocycles. The smallest absolute Gasteiger partial charge is 0.0590 e. The molecule has 1 aromatic heterocycles. The molecule has 0 aliphatic rings. The highest BCUT2D eigenvalue weighted by molar-refractivity contribution is 7.10. The number of thiophene rings is 1. The molecule has 0 aliphatic heterocycles. The van der Waals surface area contributed by atoms with E-state index in [0.29, 0.717) is 6.04 Å². The van der Waals surface area contributed by atoms with Crippen LogP contribution in [0.2, 0.25) is 5.02 Å². The van der Waals surface area contributed by atoms with Crippen molar-refractivity contribution in [2.75, 3.05) is 6.54 Å². The second-order valence-electron chi connectivity index (χ2n) is 5.36. The number of hydrogen-bond acceptors (Lipinski definition) is 2. The molecule has 0 aromatic carbocycles. The van der Waals surface area contributed by atoms with E-state index in [1.54, 1.807) is 11.3 Å². The van der Waals surface area contributed by atoms with Gasteiger partial charge in [-0.1, -0.05) is 58.1 Å². The third kappa shape index (κ3) is 5.09. The Hall–Kier alpha value is -0.0500. The lowest BCUT2D eigenvalue weighted by molar-refractivity contribution is 0.360. The van der Waals surface area contributed by atoms with Gasteiger partial charge >= 0.3 is 0 Å². The molecule has 0 aliphatic carbocycles. The van der Waals surface area contributed by atoms with E-state index in [-0.39, 0.29) is 0 Å². The van der Waals surface area contributed by atoms with E-state index >= 15 is 0 Å². The average molecular weight is 302 g/mol. The molecule has 3 heteroatoms. The van der Waals surface area contributed by atoms with Crippen LogP contribution in [0.5, 0.6) is 0 Å². The van der Waals surface area contributed by atoms with Gasteiger partial charge in [-0.3, -0.25) is 0 Å². The molecule has 0 amide bonds. The number of unbranched alkanes of at least 4 members (excludes halogenated alkanes) is 1. The predicted molar refractivity (Wildman–Crippen MR) is 88.4 cm³/mol. The molecule has 0 bridgehead atoms. The molecule has 0 spiro atoms. The van der Waals surface area contributed by atoms with Gasteiger partial charge in [-0.05, 0) is 36.8 Å². The van der Waals surface area contributed by atoms with E-state index in [9.17, 15) is 0 Å². The number of hydrogen-bond donors (Lipinski definition) is 1. The van der Waals surface area contributed by atoms with Crippen LogP contribution < -0.4 is 5.32 Å². The molecule has 1 rings (SSSR count).